The molecule has 8 heteroatoms. The molecule has 0 aliphatic heterocycles. The van der Waals surface area contributed by atoms with Gasteiger partial charge in [-0.1, -0.05) is 26.0 Å². The van der Waals surface area contributed by atoms with Gasteiger partial charge >= 0.3 is 5.97 Å². The smallest absolute Gasteiger partial charge is 0.326 e. The Labute approximate surface area is 171 Å². The maximum atomic E-state index is 12.3. The number of anilines is 1. The highest BCUT2D eigenvalue weighted by atomic mass is 35.5. The molecule has 0 radical (unpaired) electrons. The first-order valence-corrected chi connectivity index (χ1v) is 10.1. The Morgan fingerprint density at radius 2 is 1.70 bits per heavy atom. The summed E-state index contributed by atoms with van der Waals surface area (Å²) in [4.78, 5) is 25.6. The number of nitrogens with two attached hydrogens (primary N) is 1. The van der Waals surface area contributed by atoms with Gasteiger partial charge in [-0.25, -0.2) is 4.79 Å². The number of nitrogens with zero attached hydrogens (tertiary/aromatic N) is 1. The molecule has 2 atom stereocenters. The van der Waals surface area contributed by atoms with Crippen LogP contribution in [0, 0.1) is 5.92 Å². The number of hydrogen-bond donors (Lipinski definition) is 3. The van der Waals surface area contributed by atoms with Gasteiger partial charge in [0.15, 0.2) is 0 Å². The van der Waals surface area contributed by atoms with Crippen LogP contribution in [-0.2, 0) is 16.0 Å². The molecule has 1 aromatic rings. The Kier molecular flexibility index (Phi) is 10.5. The van der Waals surface area contributed by atoms with Crippen LogP contribution in [0.1, 0.15) is 25.8 Å². The number of aliphatic carboxylic acids is 1. The molecule has 1 aromatic carbocycles. The van der Waals surface area contributed by atoms with E-state index in [0.717, 1.165) is 11.3 Å². The molecule has 0 aromatic heterocycles. The van der Waals surface area contributed by atoms with Crippen LogP contribution in [0.3, 0.4) is 0 Å². The van der Waals surface area contributed by atoms with E-state index >= 15 is 0 Å². The van der Waals surface area contributed by atoms with E-state index in [4.69, 9.17) is 28.9 Å². The van der Waals surface area contributed by atoms with Crippen LogP contribution in [0.5, 0.6) is 0 Å². The average molecular weight is 418 g/mol. The van der Waals surface area contributed by atoms with E-state index in [2.05, 4.69) is 10.2 Å². The minimum absolute atomic E-state index is 0.152. The van der Waals surface area contributed by atoms with Crippen LogP contribution in [0.15, 0.2) is 24.3 Å². The predicted molar refractivity (Wildman–Crippen MR) is 111 cm³/mol. The molecule has 0 saturated carbocycles. The second-order valence-corrected chi connectivity index (χ2v) is 7.63. The summed E-state index contributed by atoms with van der Waals surface area (Å²) in [6.45, 7) is 5.20. The fraction of sp³-hybridized carbons (Fsp3) is 0.579. The third-order valence-corrected chi connectivity index (χ3v) is 4.46. The lowest BCUT2D eigenvalue weighted by Crippen LogP contribution is -2.49. The zero-order valence-electron chi connectivity index (χ0n) is 15.8. The van der Waals surface area contributed by atoms with E-state index in [1.807, 2.05) is 38.1 Å². The standard InChI is InChI=1S/C19H29Cl2N3O3/c1-13(2)11-17(19(26)27)23-18(25)16(22)12-14-3-5-15(6-4-14)24(9-7-20)10-8-21/h3-6,13,16-17H,7-12,22H2,1-2H3,(H,23,25)(H,26,27)/t16-,17+/m1/s1. The Morgan fingerprint density at radius 1 is 1.15 bits per heavy atom. The van der Waals surface area contributed by atoms with Crippen LogP contribution in [0.4, 0.5) is 5.69 Å². The third-order valence-electron chi connectivity index (χ3n) is 4.12. The topological polar surface area (TPSA) is 95.7 Å². The summed E-state index contributed by atoms with van der Waals surface area (Å²) in [7, 11) is 0. The summed E-state index contributed by atoms with van der Waals surface area (Å²) in [6.07, 6.45) is 0.685. The SMILES string of the molecule is CC(C)C[C@H](NC(=O)[C@H](N)Cc1ccc(N(CCCl)CCCl)cc1)C(=O)O. The zero-order valence-corrected chi connectivity index (χ0v) is 17.3. The van der Waals surface area contributed by atoms with Crippen molar-refractivity contribution in [2.75, 3.05) is 29.7 Å². The highest BCUT2D eigenvalue weighted by molar-refractivity contribution is 6.18. The second kappa shape index (κ2) is 12.1. The van der Waals surface area contributed by atoms with Crippen LogP contribution in [-0.4, -0.2) is 53.9 Å². The lowest BCUT2D eigenvalue weighted by Gasteiger charge is -2.23. The summed E-state index contributed by atoms with van der Waals surface area (Å²) in [5.41, 5.74) is 7.87. The molecule has 4 N–H and O–H groups in total. The number of halogens is 2. The molecule has 6 nitrogen and oxygen atoms in total. The number of hydrogen-bond acceptors (Lipinski definition) is 4. The number of carbonyl (C=O) groups excluding carboxylic acids is 1. The molecular formula is C19H29Cl2N3O3. The predicted octanol–water partition coefficient (Wildman–Crippen LogP) is 2.46. The molecule has 152 valence electrons. The first-order valence-electron chi connectivity index (χ1n) is 9.03. The average Bonchev–Trinajstić information content (AvgIpc) is 2.61. The summed E-state index contributed by atoms with van der Waals surface area (Å²) >= 11 is 11.6. The van der Waals surface area contributed by atoms with Crippen molar-refractivity contribution in [3.8, 4) is 0 Å². The highest BCUT2D eigenvalue weighted by Gasteiger charge is 2.24. The van der Waals surface area contributed by atoms with Crippen molar-refractivity contribution < 1.29 is 14.7 Å². The molecule has 27 heavy (non-hydrogen) atoms. The van der Waals surface area contributed by atoms with Gasteiger partial charge in [0.25, 0.3) is 0 Å². The minimum Gasteiger partial charge on any atom is -0.480 e. The van der Waals surface area contributed by atoms with Crippen LogP contribution in [0.25, 0.3) is 0 Å². The Hall–Kier alpha value is -1.50. The molecule has 0 aliphatic rings. The highest BCUT2D eigenvalue weighted by Crippen LogP contribution is 2.16. The Morgan fingerprint density at radius 3 is 2.15 bits per heavy atom. The molecule has 1 rings (SSSR count). The van der Waals surface area contributed by atoms with Crippen molar-refractivity contribution in [1.82, 2.24) is 5.32 Å². The molecule has 0 unspecified atom stereocenters. The van der Waals surface area contributed by atoms with Gasteiger partial charge in [0, 0.05) is 30.5 Å². The molecule has 0 fully saturated rings. The van der Waals surface area contributed by atoms with E-state index in [-0.39, 0.29) is 5.92 Å². The van der Waals surface area contributed by atoms with Gasteiger partial charge < -0.3 is 21.1 Å². The van der Waals surface area contributed by atoms with E-state index in [9.17, 15) is 14.7 Å². The fourth-order valence-electron chi connectivity index (χ4n) is 2.74. The summed E-state index contributed by atoms with van der Waals surface area (Å²) in [5.74, 6) is -0.347. The summed E-state index contributed by atoms with van der Waals surface area (Å²) in [5, 5.41) is 11.8. The number of benzene rings is 1. The van der Waals surface area contributed by atoms with Crippen molar-refractivity contribution in [2.24, 2.45) is 11.7 Å². The molecule has 0 spiro atoms. The normalized spacial score (nSPS) is 13.3. The number of alkyl halides is 2. The number of amides is 1. The lowest BCUT2D eigenvalue weighted by atomic mass is 10.0. The number of carbonyl (C=O) groups is 2. The first kappa shape index (κ1) is 23.5. The zero-order chi connectivity index (χ0) is 20.4. The first-order chi connectivity index (χ1) is 12.8. The molecule has 0 heterocycles. The van der Waals surface area contributed by atoms with E-state index in [1.165, 1.54) is 0 Å². The van der Waals surface area contributed by atoms with Gasteiger partial charge in [-0.2, -0.15) is 0 Å². The van der Waals surface area contributed by atoms with E-state index < -0.39 is 24.0 Å². The quantitative estimate of drug-likeness (QED) is 0.454. The molecule has 0 aliphatic carbocycles. The lowest BCUT2D eigenvalue weighted by molar-refractivity contribution is -0.142. The maximum Gasteiger partial charge on any atom is 0.326 e. The van der Waals surface area contributed by atoms with Gasteiger partial charge in [-0.3, -0.25) is 4.79 Å². The van der Waals surface area contributed by atoms with Crippen LogP contribution >= 0.6 is 23.2 Å². The molecule has 1 amide bonds. The van der Waals surface area contributed by atoms with Crippen molar-refractivity contribution in [3.63, 3.8) is 0 Å². The van der Waals surface area contributed by atoms with Gasteiger partial charge in [0.1, 0.15) is 6.04 Å². The number of carboxylic acids is 1. The van der Waals surface area contributed by atoms with Crippen LogP contribution < -0.4 is 16.0 Å². The molecule has 0 saturated heterocycles. The maximum absolute atomic E-state index is 12.3. The molecule has 0 bridgehead atoms. The van der Waals surface area contributed by atoms with Gasteiger partial charge in [-0.05, 0) is 36.5 Å². The van der Waals surface area contributed by atoms with Gasteiger partial charge in [-0.15, -0.1) is 23.2 Å². The largest absolute Gasteiger partial charge is 0.480 e. The van der Waals surface area contributed by atoms with E-state index in [0.29, 0.717) is 37.7 Å². The molecular weight excluding hydrogens is 389 g/mol. The minimum atomic E-state index is -1.05. The Bertz CT molecular complexity index is 590. The third kappa shape index (κ3) is 8.37. The fourth-order valence-corrected chi connectivity index (χ4v) is 3.14. The second-order valence-electron chi connectivity index (χ2n) is 6.87. The number of nitrogens with one attached hydrogen (secondary N) is 1. The van der Waals surface area contributed by atoms with Crippen LogP contribution in [0.2, 0.25) is 0 Å². The van der Waals surface area contributed by atoms with Gasteiger partial charge in [0.2, 0.25) is 5.91 Å². The van der Waals surface area contributed by atoms with Crippen molar-refractivity contribution in [2.45, 2.75) is 38.8 Å². The van der Waals surface area contributed by atoms with Crippen molar-refractivity contribution in [1.29, 1.82) is 0 Å². The number of rotatable bonds is 12. The van der Waals surface area contributed by atoms with Gasteiger partial charge in [0.05, 0.1) is 6.04 Å². The summed E-state index contributed by atoms with van der Waals surface area (Å²) < 4.78 is 0. The Balaban J connectivity index is 2.68. The number of carboxylic acid groups (broad SMARTS) is 1. The monoisotopic (exact) mass is 417 g/mol. The van der Waals surface area contributed by atoms with Crippen molar-refractivity contribution >= 4 is 40.8 Å². The van der Waals surface area contributed by atoms with E-state index in [1.54, 1.807) is 0 Å². The summed E-state index contributed by atoms with van der Waals surface area (Å²) in [6, 6.07) is 5.95. The van der Waals surface area contributed by atoms with Crippen molar-refractivity contribution in [3.05, 3.63) is 29.8 Å².